The van der Waals surface area contributed by atoms with Crippen molar-refractivity contribution in [1.29, 1.82) is 0 Å². The lowest BCUT2D eigenvalue weighted by atomic mass is 9.93. The van der Waals surface area contributed by atoms with Crippen LogP contribution in [-0.4, -0.2) is 37.1 Å². The number of carbonyl (C=O) groups excluding carboxylic acids is 1. The first-order chi connectivity index (χ1) is 10.5. The van der Waals surface area contributed by atoms with Gasteiger partial charge in [0.1, 0.15) is 11.4 Å². The molecule has 1 unspecified atom stereocenters. The highest BCUT2D eigenvalue weighted by atomic mass is 32.1. The first-order valence-corrected chi connectivity index (χ1v) is 8.03. The van der Waals surface area contributed by atoms with Gasteiger partial charge in [0.15, 0.2) is 0 Å². The Morgan fingerprint density at radius 1 is 1.35 bits per heavy atom. The van der Waals surface area contributed by atoms with Crippen LogP contribution in [0.5, 0.6) is 0 Å². The van der Waals surface area contributed by atoms with E-state index < -0.39 is 23.1 Å². The summed E-state index contributed by atoms with van der Waals surface area (Å²) in [7, 11) is 0. The number of aliphatic carboxylic acids is 1. The fourth-order valence-electron chi connectivity index (χ4n) is 1.93. The third-order valence-corrected chi connectivity index (χ3v) is 3.95. The summed E-state index contributed by atoms with van der Waals surface area (Å²) >= 11 is 0.875. The Bertz CT molecular complexity index is 631. The second kappa shape index (κ2) is 7.22. The van der Waals surface area contributed by atoms with Gasteiger partial charge in [0.05, 0.1) is 0 Å². The van der Waals surface area contributed by atoms with E-state index >= 15 is 0 Å². The van der Waals surface area contributed by atoms with E-state index in [1.54, 1.807) is 27.7 Å². The van der Waals surface area contributed by atoms with Gasteiger partial charge in [0.25, 0.3) is 0 Å². The third kappa shape index (κ3) is 5.14. The monoisotopic (exact) mass is 345 g/mol. The van der Waals surface area contributed by atoms with E-state index in [2.05, 4.69) is 4.37 Å². The van der Waals surface area contributed by atoms with Gasteiger partial charge in [0.2, 0.25) is 5.54 Å². The van der Waals surface area contributed by atoms with Crippen LogP contribution in [0.3, 0.4) is 0 Å². The second-order valence-corrected chi connectivity index (χ2v) is 7.10. The summed E-state index contributed by atoms with van der Waals surface area (Å²) in [5.41, 5.74) is 2.86. The number of ether oxygens (including phenoxy) is 1. The maximum absolute atomic E-state index is 12.1. The van der Waals surface area contributed by atoms with Crippen LogP contribution in [0.2, 0.25) is 0 Å². The lowest BCUT2D eigenvalue weighted by molar-refractivity contribution is -0.169. The van der Waals surface area contributed by atoms with Crippen molar-refractivity contribution in [3.63, 3.8) is 0 Å². The molecule has 8 nitrogen and oxygen atoms in total. The largest absolute Gasteiger partial charge is 0.479 e. The Kier molecular flexibility index (Phi) is 6.06. The van der Waals surface area contributed by atoms with Crippen molar-refractivity contribution in [3.05, 3.63) is 15.5 Å². The van der Waals surface area contributed by atoms with E-state index in [0.717, 1.165) is 11.5 Å². The number of nitrogens with zero attached hydrogens (tertiary/aromatic N) is 2. The molecule has 0 amide bonds. The molecule has 0 saturated heterocycles. The molecule has 0 bridgehead atoms. The van der Waals surface area contributed by atoms with Gasteiger partial charge in [-0.15, -0.1) is 0 Å². The van der Waals surface area contributed by atoms with Gasteiger partial charge in [-0.25, -0.2) is 9.59 Å². The number of rotatable bonds is 7. The normalized spacial score (nSPS) is 14.3. The maximum atomic E-state index is 12.1. The molecule has 1 aromatic heterocycles. The van der Waals surface area contributed by atoms with E-state index in [1.165, 1.54) is 4.57 Å². The lowest BCUT2D eigenvalue weighted by Gasteiger charge is -2.28. The van der Waals surface area contributed by atoms with Crippen LogP contribution in [0.15, 0.2) is 4.79 Å². The highest BCUT2D eigenvalue weighted by Gasteiger charge is 2.44. The van der Waals surface area contributed by atoms with Crippen molar-refractivity contribution >= 4 is 23.5 Å². The molecule has 0 radical (unpaired) electrons. The predicted molar refractivity (Wildman–Crippen MR) is 85.4 cm³/mol. The van der Waals surface area contributed by atoms with E-state index in [0.29, 0.717) is 25.2 Å². The van der Waals surface area contributed by atoms with Gasteiger partial charge in [-0.3, -0.25) is 9.36 Å². The number of esters is 1. The molecule has 1 heterocycles. The highest BCUT2D eigenvalue weighted by molar-refractivity contribution is 7.02. The Morgan fingerprint density at radius 2 is 1.96 bits per heavy atom. The smallest absolute Gasteiger partial charge is 0.338 e. The summed E-state index contributed by atoms with van der Waals surface area (Å²) in [4.78, 5) is 34.8. The number of hydrogen-bond acceptors (Lipinski definition) is 7. The minimum Gasteiger partial charge on any atom is -0.479 e. The molecule has 9 heteroatoms. The molecule has 0 fully saturated rings. The summed E-state index contributed by atoms with van der Waals surface area (Å²) in [5.74, 6) is -1.76. The van der Waals surface area contributed by atoms with E-state index in [4.69, 9.17) is 10.5 Å². The standard InChI is InChI=1S/C14H23N3O5S/c1-9-16-23-12(21)17(9)8-6-5-7-14(15,10(18)19)11(20)22-13(2,3)4/h5-8,15H2,1-4H3,(H,18,19). The number of hydrogen-bond donors (Lipinski definition) is 2. The van der Waals surface area contributed by atoms with E-state index in [-0.39, 0.29) is 11.3 Å². The molecule has 1 rings (SSSR count). The first kappa shape index (κ1) is 19.3. The van der Waals surface area contributed by atoms with E-state index in [1.807, 2.05) is 0 Å². The minimum absolute atomic E-state index is 0.0669. The average Bonchev–Trinajstić information content (AvgIpc) is 2.72. The van der Waals surface area contributed by atoms with Crippen molar-refractivity contribution in [1.82, 2.24) is 8.94 Å². The number of aryl methyl sites for hydroxylation is 1. The SMILES string of the molecule is Cc1nsc(=O)n1CCCCC(N)(C(=O)O)C(=O)OC(C)(C)C. The summed E-state index contributed by atoms with van der Waals surface area (Å²) in [6, 6.07) is 0. The van der Waals surface area contributed by atoms with Crippen LogP contribution in [0, 0.1) is 6.92 Å². The molecule has 3 N–H and O–H groups in total. The van der Waals surface area contributed by atoms with Crippen LogP contribution >= 0.6 is 11.5 Å². The third-order valence-electron chi connectivity index (χ3n) is 3.21. The minimum atomic E-state index is -2.08. The molecule has 23 heavy (non-hydrogen) atoms. The van der Waals surface area contributed by atoms with Gasteiger partial charge in [-0.05, 0) is 47.0 Å². The van der Waals surface area contributed by atoms with Crippen molar-refractivity contribution in [3.8, 4) is 0 Å². The van der Waals surface area contributed by atoms with Crippen LogP contribution in [0.4, 0.5) is 0 Å². The molecular formula is C14H23N3O5S. The maximum Gasteiger partial charge on any atom is 0.338 e. The Balaban J connectivity index is 2.65. The van der Waals surface area contributed by atoms with Gasteiger partial charge >= 0.3 is 16.8 Å². The molecule has 0 aromatic carbocycles. The molecular weight excluding hydrogens is 322 g/mol. The zero-order valence-electron chi connectivity index (χ0n) is 13.8. The fourth-order valence-corrected chi connectivity index (χ4v) is 2.56. The summed E-state index contributed by atoms with van der Waals surface area (Å²) in [6.07, 6.45) is 0.806. The van der Waals surface area contributed by atoms with Gasteiger partial charge in [-0.1, -0.05) is 0 Å². The van der Waals surface area contributed by atoms with Gasteiger partial charge in [-0.2, -0.15) is 4.37 Å². The summed E-state index contributed by atoms with van der Waals surface area (Å²) in [5, 5.41) is 9.28. The van der Waals surface area contributed by atoms with Crippen LogP contribution < -0.4 is 10.6 Å². The fraction of sp³-hybridized carbons (Fsp3) is 0.714. The molecule has 0 spiro atoms. The Hall–Kier alpha value is -1.74. The number of carboxylic acids is 1. The average molecular weight is 345 g/mol. The first-order valence-electron chi connectivity index (χ1n) is 7.26. The number of carboxylic acid groups (broad SMARTS) is 1. The summed E-state index contributed by atoms with van der Waals surface area (Å²) < 4.78 is 10.5. The molecule has 0 aliphatic carbocycles. The zero-order chi connectivity index (χ0) is 17.8. The summed E-state index contributed by atoms with van der Waals surface area (Å²) in [6.45, 7) is 7.07. The predicted octanol–water partition coefficient (Wildman–Crippen LogP) is 0.907. The Labute approximate surface area is 138 Å². The van der Waals surface area contributed by atoms with Crippen molar-refractivity contribution in [2.75, 3.05) is 0 Å². The molecule has 0 aliphatic rings. The number of nitrogens with two attached hydrogens (primary N) is 1. The van der Waals surface area contributed by atoms with Crippen molar-refractivity contribution in [2.45, 2.75) is 64.6 Å². The second-order valence-electron chi connectivity index (χ2n) is 6.38. The van der Waals surface area contributed by atoms with Crippen molar-refractivity contribution < 1.29 is 19.4 Å². The molecule has 130 valence electrons. The number of unbranched alkanes of at least 4 members (excludes halogenated alkanes) is 1. The number of carbonyl (C=O) groups is 2. The Morgan fingerprint density at radius 3 is 2.39 bits per heavy atom. The molecule has 1 atom stereocenters. The quantitative estimate of drug-likeness (QED) is 0.427. The topological polar surface area (TPSA) is 125 Å². The van der Waals surface area contributed by atoms with E-state index in [9.17, 15) is 19.5 Å². The van der Waals surface area contributed by atoms with Gasteiger partial charge in [0, 0.05) is 18.1 Å². The zero-order valence-corrected chi connectivity index (χ0v) is 14.6. The van der Waals surface area contributed by atoms with Crippen LogP contribution in [0.1, 0.15) is 45.9 Å². The lowest BCUT2D eigenvalue weighted by Crippen LogP contribution is -2.57. The molecule has 1 aromatic rings. The van der Waals surface area contributed by atoms with Gasteiger partial charge < -0.3 is 15.6 Å². The van der Waals surface area contributed by atoms with Crippen LogP contribution in [0.25, 0.3) is 0 Å². The van der Waals surface area contributed by atoms with Crippen molar-refractivity contribution in [2.24, 2.45) is 5.73 Å². The molecule has 0 aliphatic heterocycles. The highest BCUT2D eigenvalue weighted by Crippen LogP contribution is 2.19. The van der Waals surface area contributed by atoms with Crippen LogP contribution in [-0.2, 0) is 20.9 Å². The molecule has 0 saturated carbocycles. The number of aromatic nitrogens is 2.